The lowest BCUT2D eigenvalue weighted by Gasteiger charge is -2.24. The molecular weight excluding hydrogens is 676 g/mol. The van der Waals surface area contributed by atoms with Crippen molar-refractivity contribution in [3.8, 4) is 23.0 Å². The van der Waals surface area contributed by atoms with Gasteiger partial charge in [-0.1, -0.05) is 42.5 Å². The molecule has 12 nitrogen and oxygen atoms in total. The van der Waals surface area contributed by atoms with Gasteiger partial charge in [-0.3, -0.25) is 9.59 Å². The molecule has 0 aliphatic rings. The van der Waals surface area contributed by atoms with Crippen molar-refractivity contribution in [3.05, 3.63) is 83.4 Å². The maximum atomic E-state index is 13.5. The molecule has 0 aromatic heterocycles. The van der Waals surface area contributed by atoms with Crippen LogP contribution < -0.4 is 30.0 Å². The highest BCUT2D eigenvalue weighted by molar-refractivity contribution is 5.77. The van der Waals surface area contributed by atoms with Gasteiger partial charge in [0, 0.05) is 45.6 Å². The Labute approximate surface area is 314 Å². The molecular formula is C41H58N4O8. The first kappa shape index (κ1) is 42.4. The Kier molecular flexibility index (Phi) is 19.5. The second-order valence-electron chi connectivity index (χ2n) is 12.7. The summed E-state index contributed by atoms with van der Waals surface area (Å²) in [6, 6.07) is 20.9. The summed E-state index contributed by atoms with van der Waals surface area (Å²) in [5.74, 6) is 2.54. The minimum absolute atomic E-state index is 0.0485. The normalized spacial score (nSPS) is 10.7. The third kappa shape index (κ3) is 15.3. The van der Waals surface area contributed by atoms with Crippen LogP contribution in [0.15, 0.2) is 66.7 Å². The maximum Gasteiger partial charge on any atom is 0.410 e. The van der Waals surface area contributed by atoms with Gasteiger partial charge in [-0.15, -0.1) is 0 Å². The molecule has 3 aromatic carbocycles. The van der Waals surface area contributed by atoms with Gasteiger partial charge in [0.05, 0.1) is 28.4 Å². The third-order valence-corrected chi connectivity index (χ3v) is 8.90. The smallest absolute Gasteiger partial charge is 0.410 e. The van der Waals surface area contributed by atoms with E-state index in [2.05, 4.69) is 5.32 Å². The lowest BCUT2D eigenvalue weighted by molar-refractivity contribution is -0.131. The number of carbonyl (C=O) groups excluding carboxylic acids is 3. The predicted octanol–water partition coefficient (Wildman–Crippen LogP) is 5.78. The lowest BCUT2D eigenvalue weighted by atomic mass is 10.1. The van der Waals surface area contributed by atoms with Crippen molar-refractivity contribution in [2.75, 3.05) is 67.7 Å². The number of hydrogen-bond donors (Lipinski definition) is 2. The lowest BCUT2D eigenvalue weighted by Crippen LogP contribution is -2.36. The summed E-state index contributed by atoms with van der Waals surface area (Å²) in [5.41, 5.74) is 8.63. The zero-order valence-corrected chi connectivity index (χ0v) is 31.9. The molecule has 3 amide bonds. The van der Waals surface area contributed by atoms with E-state index in [0.717, 1.165) is 36.0 Å². The van der Waals surface area contributed by atoms with Crippen LogP contribution in [0.3, 0.4) is 0 Å². The number of aryl methyl sites for hydroxylation is 2. The van der Waals surface area contributed by atoms with Crippen molar-refractivity contribution in [1.29, 1.82) is 0 Å². The number of nitrogens with zero attached hydrogens (tertiary/aromatic N) is 2. The molecule has 0 unspecified atom stereocenters. The van der Waals surface area contributed by atoms with E-state index in [4.69, 9.17) is 29.4 Å². The van der Waals surface area contributed by atoms with Crippen LogP contribution in [-0.4, -0.2) is 95.4 Å². The number of hydrogen-bond acceptors (Lipinski definition) is 9. The van der Waals surface area contributed by atoms with Gasteiger partial charge in [-0.25, -0.2) is 4.79 Å². The first-order chi connectivity index (χ1) is 25.8. The fourth-order valence-corrected chi connectivity index (χ4v) is 5.86. The van der Waals surface area contributed by atoms with Gasteiger partial charge in [0.25, 0.3) is 0 Å². The predicted molar refractivity (Wildman–Crippen MR) is 206 cm³/mol. The molecule has 0 heterocycles. The first-order valence-electron chi connectivity index (χ1n) is 18.4. The number of carbonyl (C=O) groups is 3. The second kappa shape index (κ2) is 24.3. The van der Waals surface area contributed by atoms with E-state index in [-0.39, 0.29) is 24.5 Å². The van der Waals surface area contributed by atoms with Gasteiger partial charge in [-0.2, -0.15) is 0 Å². The molecule has 0 spiro atoms. The highest BCUT2D eigenvalue weighted by Gasteiger charge is 2.17. The summed E-state index contributed by atoms with van der Waals surface area (Å²) in [6.07, 6.45) is 5.17. The number of benzene rings is 3. The average Bonchev–Trinajstić information content (AvgIpc) is 3.19. The summed E-state index contributed by atoms with van der Waals surface area (Å²) in [6.45, 7) is 3.36. The van der Waals surface area contributed by atoms with E-state index in [1.165, 1.54) is 0 Å². The molecule has 0 radical (unpaired) electrons. The average molecular weight is 735 g/mol. The van der Waals surface area contributed by atoms with Gasteiger partial charge in [0.1, 0.15) is 6.61 Å². The maximum absolute atomic E-state index is 13.5. The van der Waals surface area contributed by atoms with Crippen molar-refractivity contribution in [2.45, 2.75) is 64.4 Å². The van der Waals surface area contributed by atoms with Crippen LogP contribution in [0.2, 0.25) is 0 Å². The van der Waals surface area contributed by atoms with Crippen molar-refractivity contribution in [1.82, 2.24) is 15.1 Å². The van der Waals surface area contributed by atoms with E-state index in [9.17, 15) is 14.4 Å². The highest BCUT2D eigenvalue weighted by atomic mass is 16.6. The number of rotatable bonds is 25. The topological polar surface area (TPSA) is 142 Å². The summed E-state index contributed by atoms with van der Waals surface area (Å²) in [4.78, 5) is 42.6. The molecule has 0 saturated carbocycles. The van der Waals surface area contributed by atoms with E-state index < -0.39 is 0 Å². The van der Waals surface area contributed by atoms with E-state index in [1.54, 1.807) is 33.3 Å². The second-order valence-corrected chi connectivity index (χ2v) is 12.7. The number of methoxy groups -OCH3 is 4. The van der Waals surface area contributed by atoms with Gasteiger partial charge in [-0.05, 0) is 92.4 Å². The Hall–Kier alpha value is -4.97. The van der Waals surface area contributed by atoms with Crippen molar-refractivity contribution >= 4 is 17.9 Å². The highest BCUT2D eigenvalue weighted by Crippen LogP contribution is 2.29. The van der Waals surface area contributed by atoms with Crippen LogP contribution in [0.1, 0.15) is 61.6 Å². The third-order valence-electron chi connectivity index (χ3n) is 8.90. The van der Waals surface area contributed by atoms with Crippen LogP contribution in [-0.2, 0) is 33.8 Å². The Morgan fingerprint density at radius 3 is 1.74 bits per heavy atom. The van der Waals surface area contributed by atoms with Crippen molar-refractivity contribution in [3.63, 3.8) is 0 Å². The van der Waals surface area contributed by atoms with Crippen LogP contribution >= 0.6 is 0 Å². The molecule has 12 heteroatoms. The van der Waals surface area contributed by atoms with Crippen LogP contribution in [0.5, 0.6) is 23.0 Å². The minimum Gasteiger partial charge on any atom is -0.493 e. The number of unbranched alkanes of at least 4 members (excludes halogenated alkanes) is 2. The monoisotopic (exact) mass is 734 g/mol. The molecule has 0 aliphatic heterocycles. The summed E-state index contributed by atoms with van der Waals surface area (Å²) in [5, 5.41) is 3.00. The van der Waals surface area contributed by atoms with Crippen LogP contribution in [0.25, 0.3) is 0 Å². The molecule has 3 rings (SSSR count). The van der Waals surface area contributed by atoms with Gasteiger partial charge in [0.2, 0.25) is 11.8 Å². The van der Waals surface area contributed by atoms with Crippen molar-refractivity contribution in [2.24, 2.45) is 5.73 Å². The number of nitrogens with two attached hydrogens (primary N) is 1. The fraction of sp³-hybridized carbons (Fsp3) is 0.488. The molecule has 53 heavy (non-hydrogen) atoms. The summed E-state index contributed by atoms with van der Waals surface area (Å²) in [7, 11) is 6.36. The summed E-state index contributed by atoms with van der Waals surface area (Å²) >= 11 is 0. The van der Waals surface area contributed by atoms with Crippen molar-refractivity contribution < 1.29 is 38.1 Å². The van der Waals surface area contributed by atoms with E-state index in [1.807, 2.05) is 71.6 Å². The fourth-order valence-electron chi connectivity index (χ4n) is 5.86. The van der Waals surface area contributed by atoms with Crippen LogP contribution in [0.4, 0.5) is 4.79 Å². The zero-order chi connectivity index (χ0) is 38.3. The Bertz CT molecular complexity index is 1540. The molecule has 3 aromatic rings. The Balaban J connectivity index is 1.50. The number of amides is 3. The first-order valence-corrected chi connectivity index (χ1v) is 18.4. The molecule has 0 saturated heterocycles. The zero-order valence-electron chi connectivity index (χ0n) is 31.9. The Morgan fingerprint density at radius 2 is 1.15 bits per heavy atom. The van der Waals surface area contributed by atoms with Gasteiger partial charge in [0.15, 0.2) is 23.0 Å². The van der Waals surface area contributed by atoms with E-state index in [0.29, 0.717) is 101 Å². The quantitative estimate of drug-likeness (QED) is 0.104. The summed E-state index contributed by atoms with van der Waals surface area (Å²) < 4.78 is 27.0. The standard InChI is InChI=1S/C41H58N4O8/c1-49-35-19-15-32(29-37(35)51-3)17-21-39(46)43-24-12-28-44(40(47)22-18-33-16-20-36(50-2)38(30-33)52-4)25-9-6-10-26-45(27-11-23-42)41(48)53-31-34-13-7-5-8-14-34/h5,7-8,13-16,19-20,29-30H,6,9-12,17-18,21-28,31,42H2,1-4H3,(H,43,46). The molecule has 0 bridgehead atoms. The number of nitrogens with one attached hydrogen (secondary N) is 1. The molecule has 3 N–H and O–H groups in total. The molecule has 0 fully saturated rings. The largest absolute Gasteiger partial charge is 0.493 e. The molecule has 0 aliphatic carbocycles. The minimum atomic E-state index is -0.347. The van der Waals surface area contributed by atoms with Gasteiger partial charge < -0.3 is 44.5 Å². The van der Waals surface area contributed by atoms with E-state index >= 15 is 0 Å². The molecule has 0 atom stereocenters. The number of ether oxygens (including phenoxy) is 5. The Morgan fingerprint density at radius 1 is 0.604 bits per heavy atom. The van der Waals surface area contributed by atoms with Crippen LogP contribution in [0, 0.1) is 0 Å². The van der Waals surface area contributed by atoms with Gasteiger partial charge >= 0.3 is 6.09 Å². The SMILES string of the molecule is COc1ccc(CCC(=O)NCCCN(CCCCCN(CCCN)C(=O)OCc2ccccc2)C(=O)CCc2ccc(OC)c(OC)c2)cc1OC. The molecule has 290 valence electrons.